The van der Waals surface area contributed by atoms with Crippen molar-refractivity contribution in [1.82, 2.24) is 15.2 Å². The minimum atomic E-state index is 0.565. The molecule has 1 unspecified atom stereocenters. The van der Waals surface area contributed by atoms with Gasteiger partial charge >= 0.3 is 0 Å². The summed E-state index contributed by atoms with van der Waals surface area (Å²) in [5.74, 6) is 0. The van der Waals surface area contributed by atoms with Gasteiger partial charge in [-0.25, -0.2) is 0 Å². The Morgan fingerprint density at radius 3 is 2.68 bits per heavy atom. The molecule has 1 aromatic heterocycles. The van der Waals surface area contributed by atoms with Crippen molar-refractivity contribution in [2.45, 2.75) is 53.1 Å². The number of hydrogen-bond donors (Lipinski definition) is 1. The van der Waals surface area contributed by atoms with Gasteiger partial charge in [0.1, 0.15) is 0 Å². The number of nitrogens with zero attached hydrogens (tertiary/aromatic N) is 2. The molecule has 19 heavy (non-hydrogen) atoms. The number of pyridine rings is 1. The number of hydrogen-bond acceptors (Lipinski definition) is 3. The highest BCUT2D eigenvalue weighted by Crippen LogP contribution is 2.06. The van der Waals surface area contributed by atoms with Crippen molar-refractivity contribution in [2.75, 3.05) is 19.6 Å². The zero-order valence-electron chi connectivity index (χ0n) is 12.9. The Hall–Kier alpha value is -0.930. The second kappa shape index (κ2) is 9.05. The fourth-order valence-electron chi connectivity index (χ4n) is 2.23. The molecule has 0 saturated carbocycles. The third-order valence-electron chi connectivity index (χ3n) is 3.79. The molecule has 0 aromatic carbocycles. The smallest absolute Gasteiger partial charge is 0.0315 e. The second-order valence-corrected chi connectivity index (χ2v) is 5.25. The molecule has 0 spiro atoms. The maximum absolute atomic E-state index is 4.18. The van der Waals surface area contributed by atoms with Gasteiger partial charge in [-0.2, -0.15) is 0 Å². The molecule has 0 aliphatic heterocycles. The van der Waals surface area contributed by atoms with Crippen molar-refractivity contribution in [2.24, 2.45) is 0 Å². The maximum atomic E-state index is 4.18. The van der Waals surface area contributed by atoms with Crippen LogP contribution < -0.4 is 5.32 Å². The molecule has 1 aromatic rings. The Bertz CT molecular complexity index is 348. The average molecular weight is 263 g/mol. The van der Waals surface area contributed by atoms with E-state index in [1.165, 1.54) is 30.5 Å². The Labute approximate surface area is 118 Å². The average Bonchev–Trinajstić information content (AvgIpc) is 2.43. The van der Waals surface area contributed by atoms with Crippen LogP contribution in [0.2, 0.25) is 0 Å². The number of rotatable bonds is 9. The molecule has 1 rings (SSSR count). The fourth-order valence-corrected chi connectivity index (χ4v) is 2.23. The lowest BCUT2D eigenvalue weighted by Crippen LogP contribution is -2.29. The van der Waals surface area contributed by atoms with Crippen LogP contribution in [0.25, 0.3) is 0 Å². The maximum Gasteiger partial charge on any atom is 0.0315 e. The van der Waals surface area contributed by atoms with Gasteiger partial charge in [-0.05, 0) is 63.5 Å². The van der Waals surface area contributed by atoms with Gasteiger partial charge in [0.25, 0.3) is 0 Å². The summed E-state index contributed by atoms with van der Waals surface area (Å²) in [6.07, 6.45) is 6.31. The highest BCUT2D eigenvalue weighted by molar-refractivity contribution is 5.21. The molecule has 3 heteroatoms. The summed E-state index contributed by atoms with van der Waals surface area (Å²) in [5, 5.41) is 3.59. The molecule has 1 atom stereocenters. The molecule has 0 bridgehead atoms. The highest BCUT2D eigenvalue weighted by Gasteiger charge is 2.05. The van der Waals surface area contributed by atoms with Crippen molar-refractivity contribution >= 4 is 0 Å². The Balaban J connectivity index is 2.21. The van der Waals surface area contributed by atoms with Crippen LogP contribution >= 0.6 is 0 Å². The normalized spacial score (nSPS) is 12.9. The predicted molar refractivity (Wildman–Crippen MR) is 82.3 cm³/mol. The van der Waals surface area contributed by atoms with Gasteiger partial charge in [-0.3, -0.25) is 4.98 Å². The molecule has 0 aliphatic carbocycles. The molecular formula is C16H29N3. The zero-order chi connectivity index (χ0) is 14.1. The lowest BCUT2D eigenvalue weighted by atomic mass is 10.1. The lowest BCUT2D eigenvalue weighted by molar-refractivity contribution is 0.290. The molecule has 108 valence electrons. The Kier molecular flexibility index (Phi) is 7.68. The minimum absolute atomic E-state index is 0.565. The second-order valence-electron chi connectivity index (χ2n) is 5.25. The SMILES string of the molecule is CCN(CC)CCCC(C)NCc1cnccc1C. The van der Waals surface area contributed by atoms with E-state index in [-0.39, 0.29) is 0 Å². The first-order valence-electron chi connectivity index (χ1n) is 7.52. The first kappa shape index (κ1) is 16.1. The van der Waals surface area contributed by atoms with Crippen LogP contribution in [0, 0.1) is 6.92 Å². The molecule has 1 heterocycles. The van der Waals surface area contributed by atoms with E-state index in [9.17, 15) is 0 Å². The van der Waals surface area contributed by atoms with Gasteiger partial charge in [0, 0.05) is 25.0 Å². The van der Waals surface area contributed by atoms with Crippen molar-refractivity contribution in [3.8, 4) is 0 Å². The van der Waals surface area contributed by atoms with Gasteiger partial charge in [0.05, 0.1) is 0 Å². The van der Waals surface area contributed by atoms with E-state index in [2.05, 4.69) is 49.0 Å². The van der Waals surface area contributed by atoms with Crippen LogP contribution in [0.1, 0.15) is 44.7 Å². The lowest BCUT2D eigenvalue weighted by Gasteiger charge is -2.20. The number of nitrogens with one attached hydrogen (secondary N) is 1. The van der Waals surface area contributed by atoms with Crippen molar-refractivity contribution < 1.29 is 0 Å². The highest BCUT2D eigenvalue weighted by atomic mass is 15.1. The first-order valence-corrected chi connectivity index (χ1v) is 7.52. The van der Waals surface area contributed by atoms with Gasteiger partial charge < -0.3 is 10.2 Å². The third kappa shape index (κ3) is 6.17. The van der Waals surface area contributed by atoms with E-state index in [4.69, 9.17) is 0 Å². The molecule has 0 radical (unpaired) electrons. The van der Waals surface area contributed by atoms with E-state index < -0.39 is 0 Å². The van der Waals surface area contributed by atoms with Crippen molar-refractivity contribution in [1.29, 1.82) is 0 Å². The quantitative estimate of drug-likeness (QED) is 0.742. The van der Waals surface area contributed by atoms with Gasteiger partial charge in [0.15, 0.2) is 0 Å². The topological polar surface area (TPSA) is 28.2 Å². The van der Waals surface area contributed by atoms with Gasteiger partial charge in [-0.15, -0.1) is 0 Å². The van der Waals surface area contributed by atoms with Crippen molar-refractivity contribution in [3.63, 3.8) is 0 Å². The van der Waals surface area contributed by atoms with E-state index in [1.54, 1.807) is 0 Å². The molecule has 3 nitrogen and oxygen atoms in total. The number of aryl methyl sites for hydroxylation is 1. The molecule has 0 saturated heterocycles. The van der Waals surface area contributed by atoms with E-state index in [0.717, 1.165) is 19.6 Å². The largest absolute Gasteiger partial charge is 0.310 e. The van der Waals surface area contributed by atoms with Crippen molar-refractivity contribution in [3.05, 3.63) is 29.6 Å². The van der Waals surface area contributed by atoms with E-state index >= 15 is 0 Å². The first-order chi connectivity index (χ1) is 9.17. The van der Waals surface area contributed by atoms with Crippen LogP contribution in [-0.4, -0.2) is 35.6 Å². The van der Waals surface area contributed by atoms with Gasteiger partial charge in [0.2, 0.25) is 0 Å². The molecular weight excluding hydrogens is 234 g/mol. The van der Waals surface area contributed by atoms with Crippen LogP contribution in [0.3, 0.4) is 0 Å². The van der Waals surface area contributed by atoms with E-state index in [1.807, 2.05) is 12.4 Å². The summed E-state index contributed by atoms with van der Waals surface area (Å²) < 4.78 is 0. The summed E-state index contributed by atoms with van der Waals surface area (Å²) in [6, 6.07) is 2.64. The van der Waals surface area contributed by atoms with Crippen LogP contribution in [0.5, 0.6) is 0 Å². The molecule has 0 fully saturated rings. The molecule has 0 amide bonds. The van der Waals surface area contributed by atoms with Crippen LogP contribution in [0.15, 0.2) is 18.5 Å². The van der Waals surface area contributed by atoms with E-state index in [0.29, 0.717) is 6.04 Å². The summed E-state index contributed by atoms with van der Waals surface area (Å²) >= 11 is 0. The summed E-state index contributed by atoms with van der Waals surface area (Å²) in [7, 11) is 0. The Morgan fingerprint density at radius 1 is 1.32 bits per heavy atom. The summed E-state index contributed by atoms with van der Waals surface area (Å²) in [6.45, 7) is 13.3. The third-order valence-corrected chi connectivity index (χ3v) is 3.79. The molecule has 1 N–H and O–H groups in total. The van der Waals surface area contributed by atoms with Crippen LogP contribution in [-0.2, 0) is 6.54 Å². The monoisotopic (exact) mass is 263 g/mol. The minimum Gasteiger partial charge on any atom is -0.310 e. The Morgan fingerprint density at radius 2 is 2.05 bits per heavy atom. The number of aromatic nitrogens is 1. The summed E-state index contributed by atoms with van der Waals surface area (Å²) in [4.78, 5) is 6.67. The van der Waals surface area contributed by atoms with Crippen LogP contribution in [0.4, 0.5) is 0 Å². The fraction of sp³-hybridized carbons (Fsp3) is 0.688. The van der Waals surface area contributed by atoms with Gasteiger partial charge in [-0.1, -0.05) is 13.8 Å². The summed E-state index contributed by atoms with van der Waals surface area (Å²) in [5.41, 5.74) is 2.62. The zero-order valence-corrected chi connectivity index (χ0v) is 12.9. The standard InChI is InChI=1S/C16H29N3/c1-5-19(6-2)11-7-8-15(4)18-13-16-12-17-10-9-14(16)3/h9-10,12,15,18H,5-8,11,13H2,1-4H3. The predicted octanol–water partition coefficient (Wildman–Crippen LogP) is 2.99. The molecule has 0 aliphatic rings.